The van der Waals surface area contributed by atoms with Crippen LogP contribution in [0.1, 0.15) is 12.0 Å². The van der Waals surface area contributed by atoms with E-state index < -0.39 is 12.1 Å². The van der Waals surface area contributed by atoms with E-state index in [4.69, 9.17) is 5.73 Å². The molecule has 1 aromatic rings. The summed E-state index contributed by atoms with van der Waals surface area (Å²) < 4.78 is 37.5. The predicted molar refractivity (Wildman–Crippen MR) is 60.9 cm³/mol. The fourth-order valence-corrected chi connectivity index (χ4v) is 1.87. The number of hydrogen-bond acceptors (Lipinski definition) is 1. The summed E-state index contributed by atoms with van der Waals surface area (Å²) in [5, 5.41) is 0. The van der Waals surface area contributed by atoms with Crippen LogP contribution in [-0.4, -0.2) is 6.18 Å². The molecular weight excluding hydrogens is 227 g/mol. The number of hydrogen-bond donors (Lipinski definition) is 1. The van der Waals surface area contributed by atoms with E-state index in [0.717, 1.165) is 11.6 Å². The molecule has 1 nitrogen and oxygen atoms in total. The van der Waals surface area contributed by atoms with Crippen molar-refractivity contribution in [2.24, 2.45) is 11.7 Å². The standard InChI is InChI=1S/C13H12F3N/c14-13(15,16)10-6-7-11(12(17)8-10)9-4-2-1-3-5-9/h1-5,7-8,10H,6,17H2. The Morgan fingerprint density at radius 3 is 2.29 bits per heavy atom. The summed E-state index contributed by atoms with van der Waals surface area (Å²) in [5.74, 6) is -1.46. The zero-order valence-corrected chi connectivity index (χ0v) is 9.04. The van der Waals surface area contributed by atoms with Crippen LogP contribution < -0.4 is 5.73 Å². The molecule has 1 unspecified atom stereocenters. The first kappa shape index (κ1) is 11.8. The van der Waals surface area contributed by atoms with Crippen molar-refractivity contribution >= 4 is 5.57 Å². The molecule has 1 atom stereocenters. The van der Waals surface area contributed by atoms with Crippen molar-refractivity contribution in [1.82, 2.24) is 0 Å². The third-order valence-corrected chi connectivity index (χ3v) is 2.77. The lowest BCUT2D eigenvalue weighted by Crippen LogP contribution is -2.24. The van der Waals surface area contributed by atoms with E-state index in [2.05, 4.69) is 0 Å². The lowest BCUT2D eigenvalue weighted by Gasteiger charge is -2.22. The minimum absolute atomic E-state index is 0.0472. The highest BCUT2D eigenvalue weighted by atomic mass is 19.4. The van der Waals surface area contributed by atoms with E-state index in [-0.39, 0.29) is 12.1 Å². The molecule has 1 aliphatic rings. The predicted octanol–water partition coefficient (Wildman–Crippen LogP) is 3.49. The van der Waals surface area contributed by atoms with E-state index >= 15 is 0 Å². The van der Waals surface area contributed by atoms with Crippen LogP contribution in [0.3, 0.4) is 0 Å². The van der Waals surface area contributed by atoms with E-state index in [1.165, 1.54) is 0 Å². The Balaban J connectivity index is 2.26. The summed E-state index contributed by atoms with van der Waals surface area (Å²) >= 11 is 0. The van der Waals surface area contributed by atoms with Gasteiger partial charge in [-0.1, -0.05) is 36.4 Å². The van der Waals surface area contributed by atoms with Gasteiger partial charge in [-0.2, -0.15) is 13.2 Å². The molecule has 1 aliphatic carbocycles. The molecule has 4 heteroatoms. The van der Waals surface area contributed by atoms with Crippen LogP contribution in [0.25, 0.3) is 5.57 Å². The van der Waals surface area contributed by atoms with Crippen molar-refractivity contribution in [3.05, 3.63) is 53.7 Å². The van der Waals surface area contributed by atoms with Gasteiger partial charge >= 0.3 is 6.18 Å². The quantitative estimate of drug-likeness (QED) is 0.797. The molecule has 90 valence electrons. The Labute approximate surface area is 97.4 Å². The second kappa shape index (κ2) is 4.28. The molecule has 0 saturated carbocycles. The largest absolute Gasteiger partial charge is 0.398 e. The molecule has 0 amide bonds. The molecule has 2 rings (SSSR count). The maximum Gasteiger partial charge on any atom is 0.395 e. The average molecular weight is 239 g/mol. The fourth-order valence-electron chi connectivity index (χ4n) is 1.87. The van der Waals surface area contributed by atoms with Gasteiger partial charge < -0.3 is 5.73 Å². The maximum absolute atomic E-state index is 12.5. The molecular formula is C13H12F3N. The van der Waals surface area contributed by atoms with Crippen molar-refractivity contribution < 1.29 is 13.2 Å². The number of benzene rings is 1. The second-order valence-electron chi connectivity index (χ2n) is 3.99. The molecule has 17 heavy (non-hydrogen) atoms. The van der Waals surface area contributed by atoms with Gasteiger partial charge in [-0.3, -0.25) is 0 Å². The number of allylic oxidation sites excluding steroid dienone is 3. The van der Waals surface area contributed by atoms with Crippen molar-refractivity contribution in [3.63, 3.8) is 0 Å². The zero-order chi connectivity index (χ0) is 12.5. The molecule has 0 radical (unpaired) electrons. The molecule has 1 aromatic carbocycles. The highest BCUT2D eigenvalue weighted by molar-refractivity contribution is 5.79. The van der Waals surface area contributed by atoms with E-state index in [0.29, 0.717) is 5.57 Å². The SMILES string of the molecule is NC1=CC(C(F)(F)F)CC=C1c1ccccc1. The average Bonchev–Trinajstić information content (AvgIpc) is 2.29. The summed E-state index contributed by atoms with van der Waals surface area (Å²) in [5.41, 5.74) is 7.42. The summed E-state index contributed by atoms with van der Waals surface area (Å²) in [6.07, 6.45) is -1.61. The Hall–Kier alpha value is -1.71. The number of halogens is 3. The normalized spacial score (nSPS) is 20.8. The molecule has 0 heterocycles. The van der Waals surface area contributed by atoms with E-state index in [1.54, 1.807) is 6.08 Å². The first-order valence-corrected chi connectivity index (χ1v) is 5.28. The van der Waals surface area contributed by atoms with E-state index in [1.807, 2.05) is 30.3 Å². The van der Waals surface area contributed by atoms with Crippen LogP contribution in [0.4, 0.5) is 13.2 Å². The third kappa shape index (κ3) is 2.52. The topological polar surface area (TPSA) is 26.0 Å². The number of nitrogens with two attached hydrogens (primary N) is 1. The Morgan fingerprint density at radius 1 is 1.12 bits per heavy atom. The maximum atomic E-state index is 12.5. The lowest BCUT2D eigenvalue weighted by atomic mass is 9.90. The lowest BCUT2D eigenvalue weighted by molar-refractivity contribution is -0.160. The molecule has 0 aliphatic heterocycles. The summed E-state index contributed by atoms with van der Waals surface area (Å²) in [6.45, 7) is 0. The molecule has 0 spiro atoms. The van der Waals surface area contributed by atoms with Crippen molar-refractivity contribution in [1.29, 1.82) is 0 Å². The molecule has 0 aromatic heterocycles. The molecule has 2 N–H and O–H groups in total. The first-order valence-electron chi connectivity index (χ1n) is 5.28. The van der Waals surface area contributed by atoms with Crippen molar-refractivity contribution in [2.75, 3.05) is 0 Å². The minimum atomic E-state index is -4.22. The van der Waals surface area contributed by atoms with Gasteiger partial charge in [-0.15, -0.1) is 0 Å². The van der Waals surface area contributed by atoms with Gasteiger partial charge in [0.05, 0.1) is 5.92 Å². The van der Waals surface area contributed by atoms with Gasteiger partial charge in [-0.25, -0.2) is 0 Å². The van der Waals surface area contributed by atoms with Crippen LogP contribution in [0, 0.1) is 5.92 Å². The number of alkyl halides is 3. The van der Waals surface area contributed by atoms with Gasteiger partial charge in [0.2, 0.25) is 0 Å². The Bertz CT molecular complexity index is 457. The van der Waals surface area contributed by atoms with Crippen LogP contribution >= 0.6 is 0 Å². The Kier molecular flexibility index (Phi) is 2.96. The number of rotatable bonds is 1. The van der Waals surface area contributed by atoms with Crippen LogP contribution in [0.2, 0.25) is 0 Å². The molecule has 0 bridgehead atoms. The fraction of sp³-hybridized carbons (Fsp3) is 0.231. The molecule has 0 fully saturated rings. The van der Waals surface area contributed by atoms with Crippen LogP contribution in [0.5, 0.6) is 0 Å². The smallest absolute Gasteiger partial charge is 0.395 e. The van der Waals surface area contributed by atoms with Crippen molar-refractivity contribution in [2.45, 2.75) is 12.6 Å². The zero-order valence-electron chi connectivity index (χ0n) is 9.04. The summed E-state index contributed by atoms with van der Waals surface area (Å²) in [6, 6.07) is 9.19. The van der Waals surface area contributed by atoms with Gasteiger partial charge in [0.25, 0.3) is 0 Å². The van der Waals surface area contributed by atoms with Gasteiger partial charge in [-0.05, 0) is 18.1 Å². The van der Waals surface area contributed by atoms with Gasteiger partial charge in [0, 0.05) is 11.3 Å². The van der Waals surface area contributed by atoms with Crippen LogP contribution in [-0.2, 0) is 0 Å². The Morgan fingerprint density at radius 2 is 1.76 bits per heavy atom. The van der Waals surface area contributed by atoms with Gasteiger partial charge in [0.1, 0.15) is 0 Å². The first-order chi connectivity index (χ1) is 7.98. The third-order valence-electron chi connectivity index (χ3n) is 2.77. The minimum Gasteiger partial charge on any atom is -0.398 e. The highest BCUT2D eigenvalue weighted by Crippen LogP contribution is 2.36. The summed E-state index contributed by atoms with van der Waals surface area (Å²) in [7, 11) is 0. The molecule has 0 saturated heterocycles. The van der Waals surface area contributed by atoms with E-state index in [9.17, 15) is 13.2 Å². The van der Waals surface area contributed by atoms with Crippen molar-refractivity contribution in [3.8, 4) is 0 Å². The summed E-state index contributed by atoms with van der Waals surface area (Å²) in [4.78, 5) is 0. The van der Waals surface area contributed by atoms with Gasteiger partial charge in [0.15, 0.2) is 0 Å². The second-order valence-corrected chi connectivity index (χ2v) is 3.99. The monoisotopic (exact) mass is 239 g/mol. The van der Waals surface area contributed by atoms with Crippen LogP contribution in [0.15, 0.2) is 48.2 Å². The highest BCUT2D eigenvalue weighted by Gasteiger charge is 2.38.